The molecule has 0 aliphatic carbocycles. The lowest BCUT2D eigenvalue weighted by Gasteiger charge is -2.20. The van der Waals surface area contributed by atoms with Crippen molar-refractivity contribution in [2.75, 3.05) is 26.8 Å². The molecule has 0 aliphatic heterocycles. The molecule has 0 saturated heterocycles. The number of amides is 1. The number of likely N-dealkylation sites (N-methyl/N-ethyl adjacent to an activating group) is 1. The Labute approximate surface area is 110 Å². The molecule has 1 aromatic rings. The fraction of sp³-hybridized carbons (Fsp3) is 0.417. The fourth-order valence-corrected chi connectivity index (χ4v) is 1.63. The third-order valence-electron chi connectivity index (χ3n) is 2.68. The summed E-state index contributed by atoms with van der Waals surface area (Å²) >= 11 is 0. The summed E-state index contributed by atoms with van der Waals surface area (Å²) in [6, 6.07) is 3.88. The second-order valence-electron chi connectivity index (χ2n) is 3.81. The first kappa shape index (κ1) is 14.9. The van der Waals surface area contributed by atoms with Gasteiger partial charge in [0, 0.05) is 26.3 Å². The molecule has 19 heavy (non-hydrogen) atoms. The summed E-state index contributed by atoms with van der Waals surface area (Å²) in [5.74, 6) is -1.06. The van der Waals surface area contributed by atoms with Crippen LogP contribution in [-0.4, -0.2) is 47.6 Å². The number of benzene rings is 1. The molecule has 0 fully saturated rings. The Bertz CT molecular complexity index is 475. The summed E-state index contributed by atoms with van der Waals surface area (Å²) in [7, 11) is 1.52. The van der Waals surface area contributed by atoms with Crippen molar-refractivity contribution in [3.63, 3.8) is 0 Å². The molecule has 1 N–H and O–H groups in total. The van der Waals surface area contributed by atoms with E-state index in [0.717, 1.165) is 6.07 Å². The highest BCUT2D eigenvalue weighted by molar-refractivity contribution is 5.98. The van der Waals surface area contributed by atoms with Crippen LogP contribution in [0, 0.1) is 10.1 Å². The zero-order valence-corrected chi connectivity index (χ0v) is 10.8. The molecule has 1 amide bonds. The summed E-state index contributed by atoms with van der Waals surface area (Å²) in [5.41, 5.74) is -0.555. The van der Waals surface area contributed by atoms with Gasteiger partial charge in [-0.05, 0) is 13.0 Å². The van der Waals surface area contributed by atoms with Gasteiger partial charge in [-0.1, -0.05) is 6.07 Å². The van der Waals surface area contributed by atoms with Crippen LogP contribution in [0.25, 0.3) is 0 Å². The van der Waals surface area contributed by atoms with Crippen molar-refractivity contribution in [2.45, 2.75) is 6.92 Å². The summed E-state index contributed by atoms with van der Waals surface area (Å²) < 4.78 is 4.89. The molecule has 7 heteroatoms. The van der Waals surface area contributed by atoms with Gasteiger partial charge in [-0.25, -0.2) is 0 Å². The van der Waals surface area contributed by atoms with Crippen molar-refractivity contribution in [3.8, 4) is 5.75 Å². The van der Waals surface area contributed by atoms with Gasteiger partial charge >= 0.3 is 5.69 Å². The Morgan fingerprint density at radius 1 is 1.53 bits per heavy atom. The van der Waals surface area contributed by atoms with Gasteiger partial charge < -0.3 is 14.7 Å². The van der Waals surface area contributed by atoms with Gasteiger partial charge in [-0.2, -0.15) is 0 Å². The van der Waals surface area contributed by atoms with Crippen molar-refractivity contribution < 1.29 is 19.6 Å². The Morgan fingerprint density at radius 3 is 2.74 bits per heavy atom. The van der Waals surface area contributed by atoms with Gasteiger partial charge in [-0.3, -0.25) is 14.9 Å². The first-order chi connectivity index (χ1) is 9.02. The topological polar surface area (TPSA) is 92.9 Å². The number of hydrogen-bond donors (Lipinski definition) is 1. The van der Waals surface area contributed by atoms with Crippen molar-refractivity contribution in [1.82, 2.24) is 4.90 Å². The first-order valence-corrected chi connectivity index (χ1v) is 5.77. The highest BCUT2D eigenvalue weighted by Gasteiger charge is 2.23. The predicted octanol–water partition coefficient (Wildman–Crippen LogP) is 1.41. The van der Waals surface area contributed by atoms with Crippen molar-refractivity contribution >= 4 is 11.6 Å². The molecular formula is C12H16N2O5. The molecular weight excluding hydrogens is 252 g/mol. The maximum absolute atomic E-state index is 12.2. The average molecular weight is 268 g/mol. The number of carbonyl (C=O) groups excluding carboxylic acids is 1. The van der Waals surface area contributed by atoms with Crippen LogP contribution in [-0.2, 0) is 4.74 Å². The monoisotopic (exact) mass is 268 g/mol. The summed E-state index contributed by atoms with van der Waals surface area (Å²) in [6.45, 7) is 2.91. The number of rotatable bonds is 6. The second kappa shape index (κ2) is 6.69. The average Bonchev–Trinajstić information content (AvgIpc) is 2.39. The van der Waals surface area contributed by atoms with E-state index in [1.807, 2.05) is 0 Å². The van der Waals surface area contributed by atoms with Crippen LogP contribution in [0.1, 0.15) is 17.3 Å². The Morgan fingerprint density at radius 2 is 2.21 bits per heavy atom. The van der Waals surface area contributed by atoms with E-state index in [4.69, 9.17) is 4.74 Å². The molecule has 0 aliphatic rings. The van der Waals surface area contributed by atoms with E-state index in [0.29, 0.717) is 19.7 Å². The number of phenols is 1. The third-order valence-corrected chi connectivity index (χ3v) is 2.68. The van der Waals surface area contributed by atoms with E-state index < -0.39 is 22.3 Å². The third kappa shape index (κ3) is 3.41. The van der Waals surface area contributed by atoms with Gasteiger partial charge in [0.05, 0.1) is 17.1 Å². The van der Waals surface area contributed by atoms with E-state index in [2.05, 4.69) is 0 Å². The molecule has 0 radical (unpaired) electrons. The first-order valence-electron chi connectivity index (χ1n) is 5.77. The Hall–Kier alpha value is -2.15. The van der Waals surface area contributed by atoms with Crippen molar-refractivity contribution in [1.29, 1.82) is 0 Å². The quantitative estimate of drug-likeness (QED) is 0.622. The lowest BCUT2D eigenvalue weighted by molar-refractivity contribution is -0.385. The number of ether oxygens (including phenoxy) is 1. The minimum absolute atomic E-state index is 0.0767. The van der Waals surface area contributed by atoms with Crippen LogP contribution in [0.2, 0.25) is 0 Å². The minimum Gasteiger partial charge on any atom is -0.502 e. The zero-order valence-electron chi connectivity index (χ0n) is 10.8. The molecule has 7 nitrogen and oxygen atoms in total. The summed E-state index contributed by atoms with van der Waals surface area (Å²) in [6.07, 6.45) is 0. The van der Waals surface area contributed by atoms with Gasteiger partial charge in [0.15, 0.2) is 0 Å². The van der Waals surface area contributed by atoms with Gasteiger partial charge in [0.2, 0.25) is 5.75 Å². The number of nitro benzene ring substituents is 1. The predicted molar refractivity (Wildman–Crippen MR) is 68.2 cm³/mol. The van der Waals surface area contributed by atoms with Crippen molar-refractivity contribution in [3.05, 3.63) is 33.9 Å². The number of nitro groups is 1. The standard InChI is InChI=1S/C12H16N2O5/c1-3-13(7-8-19-2)12(16)9-5-4-6-10(11(9)15)14(17)18/h4-6,15H,3,7-8H2,1-2H3. The Kier molecular flexibility index (Phi) is 5.25. The number of phenolic OH excluding ortho intramolecular Hbond substituents is 1. The molecule has 0 saturated carbocycles. The highest BCUT2D eigenvalue weighted by atomic mass is 16.6. The maximum atomic E-state index is 12.2. The molecule has 104 valence electrons. The van der Waals surface area contributed by atoms with Gasteiger partial charge in [0.25, 0.3) is 5.91 Å². The number of aromatic hydroxyl groups is 1. The molecule has 0 bridgehead atoms. The van der Waals surface area contributed by atoms with Crippen LogP contribution < -0.4 is 0 Å². The lowest BCUT2D eigenvalue weighted by Crippen LogP contribution is -2.33. The SMILES string of the molecule is CCN(CCOC)C(=O)c1cccc([N+](=O)[O-])c1O. The van der Waals surface area contributed by atoms with Gasteiger partial charge in [0.1, 0.15) is 0 Å². The van der Waals surface area contributed by atoms with Crippen LogP contribution in [0.4, 0.5) is 5.69 Å². The van der Waals surface area contributed by atoms with Crippen molar-refractivity contribution in [2.24, 2.45) is 0 Å². The van der Waals surface area contributed by atoms with Gasteiger partial charge in [-0.15, -0.1) is 0 Å². The zero-order chi connectivity index (χ0) is 14.4. The number of carbonyl (C=O) groups is 1. The second-order valence-corrected chi connectivity index (χ2v) is 3.81. The van der Waals surface area contributed by atoms with Crippen LogP contribution >= 0.6 is 0 Å². The van der Waals surface area contributed by atoms with E-state index in [-0.39, 0.29) is 5.56 Å². The molecule has 1 rings (SSSR count). The summed E-state index contributed by atoms with van der Waals surface area (Å²) in [5, 5.41) is 20.5. The Balaban J connectivity index is 3.04. The minimum atomic E-state index is -0.725. The molecule has 0 atom stereocenters. The number of methoxy groups -OCH3 is 1. The molecule has 0 spiro atoms. The maximum Gasteiger partial charge on any atom is 0.311 e. The van der Waals surface area contributed by atoms with Crippen LogP contribution in [0.5, 0.6) is 5.75 Å². The highest BCUT2D eigenvalue weighted by Crippen LogP contribution is 2.30. The number of nitrogens with zero attached hydrogens (tertiary/aromatic N) is 2. The molecule has 0 unspecified atom stereocenters. The molecule has 1 aromatic carbocycles. The van der Waals surface area contributed by atoms with E-state index >= 15 is 0 Å². The molecule has 0 aromatic heterocycles. The smallest absolute Gasteiger partial charge is 0.311 e. The van der Waals surface area contributed by atoms with E-state index in [9.17, 15) is 20.0 Å². The fourth-order valence-electron chi connectivity index (χ4n) is 1.63. The summed E-state index contributed by atoms with van der Waals surface area (Å²) in [4.78, 5) is 23.6. The number of para-hydroxylation sites is 1. The van der Waals surface area contributed by atoms with Crippen LogP contribution in [0.3, 0.4) is 0 Å². The van der Waals surface area contributed by atoms with E-state index in [1.165, 1.54) is 24.1 Å². The molecule has 0 heterocycles. The van der Waals surface area contributed by atoms with E-state index in [1.54, 1.807) is 6.92 Å². The number of hydrogen-bond acceptors (Lipinski definition) is 5. The normalized spacial score (nSPS) is 10.2. The van der Waals surface area contributed by atoms with Crippen LogP contribution in [0.15, 0.2) is 18.2 Å². The largest absolute Gasteiger partial charge is 0.502 e. The lowest BCUT2D eigenvalue weighted by atomic mass is 10.1.